The highest BCUT2D eigenvalue weighted by atomic mass is 35.5. The van der Waals surface area contributed by atoms with Crippen LogP contribution in [0, 0.1) is 0 Å². The summed E-state index contributed by atoms with van der Waals surface area (Å²) in [5, 5.41) is 0.648. The molecule has 1 saturated heterocycles. The first kappa shape index (κ1) is 19.5. The van der Waals surface area contributed by atoms with Crippen molar-refractivity contribution in [2.75, 3.05) is 25.9 Å². The largest absolute Gasteiger partial charge is 0.402 e. The lowest BCUT2D eigenvalue weighted by molar-refractivity contribution is -0.140. The summed E-state index contributed by atoms with van der Waals surface area (Å²) in [6.45, 7) is 0.227. The van der Waals surface area contributed by atoms with Crippen molar-refractivity contribution in [3.05, 3.63) is 34.9 Å². The lowest BCUT2D eigenvalue weighted by Crippen LogP contribution is -2.49. The third-order valence-electron chi connectivity index (χ3n) is 4.08. The summed E-state index contributed by atoms with van der Waals surface area (Å²) in [5.41, 5.74) is 0.952. The van der Waals surface area contributed by atoms with Crippen LogP contribution in [0.15, 0.2) is 24.3 Å². The lowest BCUT2D eigenvalue weighted by Gasteiger charge is -2.37. The topological polar surface area (TPSA) is 40.6 Å². The van der Waals surface area contributed by atoms with Crippen LogP contribution in [0.5, 0.6) is 0 Å². The van der Waals surface area contributed by atoms with Gasteiger partial charge in [-0.25, -0.2) is 8.42 Å². The molecule has 9 heteroatoms. The maximum absolute atomic E-state index is 12.7. The molecule has 1 aromatic carbocycles. The number of hydrogen-bond acceptors (Lipinski definition) is 3. The normalized spacial score (nSPS) is 18.2. The van der Waals surface area contributed by atoms with Gasteiger partial charge in [0.25, 0.3) is 0 Å². The van der Waals surface area contributed by atoms with Gasteiger partial charge in [0.05, 0.1) is 6.26 Å². The van der Waals surface area contributed by atoms with Crippen LogP contribution in [-0.2, 0) is 16.6 Å². The molecule has 0 aliphatic carbocycles. The van der Waals surface area contributed by atoms with Crippen LogP contribution >= 0.6 is 11.6 Å². The first-order valence-corrected chi connectivity index (χ1v) is 9.78. The molecule has 1 aliphatic rings. The Hall–Kier alpha value is -0.830. The number of piperidine rings is 1. The van der Waals surface area contributed by atoms with Crippen molar-refractivity contribution in [3.63, 3.8) is 0 Å². The molecular weight excluding hydrogens is 365 g/mol. The summed E-state index contributed by atoms with van der Waals surface area (Å²) in [5.74, 6) is 0. The molecule has 0 amide bonds. The molecule has 24 heavy (non-hydrogen) atoms. The van der Waals surface area contributed by atoms with Gasteiger partial charge in [0.2, 0.25) is 10.0 Å². The minimum atomic E-state index is -4.54. The van der Waals surface area contributed by atoms with E-state index in [9.17, 15) is 21.6 Å². The van der Waals surface area contributed by atoms with Gasteiger partial charge in [-0.1, -0.05) is 29.8 Å². The summed E-state index contributed by atoms with van der Waals surface area (Å²) >= 11 is 6.12. The number of benzene rings is 1. The van der Waals surface area contributed by atoms with Gasteiger partial charge < -0.3 is 0 Å². The fraction of sp³-hybridized carbons (Fsp3) is 0.600. The first-order valence-electron chi connectivity index (χ1n) is 7.55. The van der Waals surface area contributed by atoms with E-state index in [1.165, 1.54) is 0 Å². The summed E-state index contributed by atoms with van der Waals surface area (Å²) in [7, 11) is -3.91. The van der Waals surface area contributed by atoms with Crippen molar-refractivity contribution in [3.8, 4) is 0 Å². The lowest BCUT2D eigenvalue weighted by atomic mass is 10.0. The zero-order valence-electron chi connectivity index (χ0n) is 13.3. The summed E-state index contributed by atoms with van der Waals surface area (Å²) in [6.07, 6.45) is -2.98. The molecule has 0 atom stereocenters. The number of sulfonamides is 1. The standard InChI is InChI=1S/C15H20ClF3N2O2S/c1-24(22,23)21(11-15(17,18)19)13-6-8-20(9-7-13)10-12-4-2-3-5-14(12)16/h2-5,13H,6-11H2,1H3. The van der Waals surface area contributed by atoms with E-state index < -0.39 is 28.8 Å². The molecule has 0 radical (unpaired) electrons. The minimum Gasteiger partial charge on any atom is -0.299 e. The molecule has 1 heterocycles. The van der Waals surface area contributed by atoms with Crippen LogP contribution in [0.3, 0.4) is 0 Å². The third kappa shape index (κ3) is 5.61. The van der Waals surface area contributed by atoms with Gasteiger partial charge in [0, 0.05) is 30.7 Å². The Morgan fingerprint density at radius 3 is 2.33 bits per heavy atom. The van der Waals surface area contributed by atoms with Gasteiger partial charge in [-0.3, -0.25) is 4.90 Å². The average Bonchev–Trinajstić information content (AvgIpc) is 2.46. The Morgan fingerprint density at radius 2 is 1.83 bits per heavy atom. The highest BCUT2D eigenvalue weighted by Gasteiger charge is 2.39. The van der Waals surface area contributed by atoms with Crippen molar-refractivity contribution >= 4 is 21.6 Å². The molecule has 0 saturated carbocycles. The molecular formula is C15H20ClF3N2O2S. The Balaban J connectivity index is 1.99. The fourth-order valence-electron chi connectivity index (χ4n) is 2.93. The Kier molecular flexibility index (Phi) is 6.17. The van der Waals surface area contributed by atoms with E-state index in [0.717, 1.165) is 11.8 Å². The van der Waals surface area contributed by atoms with Gasteiger partial charge in [-0.2, -0.15) is 17.5 Å². The van der Waals surface area contributed by atoms with Crippen LogP contribution in [0.25, 0.3) is 0 Å². The smallest absolute Gasteiger partial charge is 0.299 e. The second kappa shape index (κ2) is 7.59. The monoisotopic (exact) mass is 384 g/mol. The second-order valence-electron chi connectivity index (χ2n) is 6.02. The van der Waals surface area contributed by atoms with E-state index >= 15 is 0 Å². The fourth-order valence-corrected chi connectivity index (χ4v) is 4.26. The van der Waals surface area contributed by atoms with Gasteiger partial charge in [-0.05, 0) is 24.5 Å². The molecule has 1 aliphatic heterocycles. The van der Waals surface area contributed by atoms with Crippen molar-refractivity contribution in [1.82, 2.24) is 9.21 Å². The molecule has 1 fully saturated rings. The quantitative estimate of drug-likeness (QED) is 0.783. The maximum Gasteiger partial charge on any atom is 0.402 e. The van der Waals surface area contributed by atoms with Crippen molar-refractivity contribution < 1.29 is 21.6 Å². The predicted octanol–water partition coefficient (Wildman–Crippen LogP) is 3.13. The second-order valence-corrected chi connectivity index (χ2v) is 8.36. The molecule has 2 rings (SSSR count). The van der Waals surface area contributed by atoms with E-state index in [2.05, 4.69) is 4.90 Å². The number of hydrogen-bond donors (Lipinski definition) is 0. The molecule has 0 unspecified atom stereocenters. The molecule has 4 nitrogen and oxygen atoms in total. The van der Waals surface area contributed by atoms with E-state index in [4.69, 9.17) is 11.6 Å². The first-order chi connectivity index (χ1) is 11.1. The van der Waals surface area contributed by atoms with Crippen LogP contribution in [0.4, 0.5) is 13.2 Å². The third-order valence-corrected chi connectivity index (χ3v) is 5.73. The van der Waals surface area contributed by atoms with Gasteiger partial charge in [0.15, 0.2) is 0 Å². The van der Waals surface area contributed by atoms with Gasteiger partial charge >= 0.3 is 6.18 Å². The van der Waals surface area contributed by atoms with E-state index in [0.29, 0.717) is 41.8 Å². The van der Waals surface area contributed by atoms with Crippen molar-refractivity contribution in [1.29, 1.82) is 0 Å². The van der Waals surface area contributed by atoms with Crippen molar-refractivity contribution in [2.24, 2.45) is 0 Å². The highest BCUT2D eigenvalue weighted by Crippen LogP contribution is 2.26. The predicted molar refractivity (Wildman–Crippen MR) is 87.4 cm³/mol. The highest BCUT2D eigenvalue weighted by molar-refractivity contribution is 7.88. The van der Waals surface area contributed by atoms with E-state index in [1.54, 1.807) is 6.07 Å². The maximum atomic E-state index is 12.7. The van der Waals surface area contributed by atoms with Crippen molar-refractivity contribution in [2.45, 2.75) is 31.6 Å². The molecule has 0 N–H and O–H groups in total. The van der Waals surface area contributed by atoms with Crippen LogP contribution < -0.4 is 0 Å². The molecule has 1 aromatic rings. The number of nitrogens with zero attached hydrogens (tertiary/aromatic N) is 2. The van der Waals surface area contributed by atoms with E-state index in [-0.39, 0.29) is 0 Å². The zero-order chi connectivity index (χ0) is 18.0. The number of likely N-dealkylation sites (tertiary alicyclic amines) is 1. The summed E-state index contributed by atoms with van der Waals surface area (Å²) in [4.78, 5) is 2.08. The molecule has 0 aromatic heterocycles. The summed E-state index contributed by atoms with van der Waals surface area (Å²) < 4.78 is 62.0. The average molecular weight is 385 g/mol. The molecule has 0 bridgehead atoms. The Morgan fingerprint density at radius 1 is 1.25 bits per heavy atom. The number of alkyl halides is 3. The summed E-state index contributed by atoms with van der Waals surface area (Å²) in [6, 6.07) is 6.78. The van der Waals surface area contributed by atoms with Crippen LogP contribution in [-0.4, -0.2) is 55.7 Å². The van der Waals surface area contributed by atoms with Crippen LogP contribution in [0.1, 0.15) is 18.4 Å². The molecule has 0 spiro atoms. The molecule has 136 valence electrons. The Bertz CT molecular complexity index is 659. The Labute approximate surface area is 145 Å². The van der Waals surface area contributed by atoms with Gasteiger partial charge in [-0.15, -0.1) is 0 Å². The number of rotatable bonds is 5. The zero-order valence-corrected chi connectivity index (χ0v) is 14.8. The van der Waals surface area contributed by atoms with Crippen LogP contribution in [0.2, 0.25) is 5.02 Å². The minimum absolute atomic E-state index is 0.369. The van der Waals surface area contributed by atoms with E-state index in [1.807, 2.05) is 18.2 Å². The van der Waals surface area contributed by atoms with Gasteiger partial charge in [0.1, 0.15) is 6.54 Å². The SMILES string of the molecule is CS(=O)(=O)N(CC(F)(F)F)C1CCN(Cc2ccccc2Cl)CC1. The number of halogens is 4.